The molecule has 0 unspecified atom stereocenters. The Balaban J connectivity index is 1.59. The van der Waals surface area contributed by atoms with E-state index in [2.05, 4.69) is 26.2 Å². The second-order valence-corrected chi connectivity index (χ2v) is 6.70. The van der Waals surface area contributed by atoms with Crippen molar-refractivity contribution in [2.45, 2.75) is 31.8 Å². The SMILES string of the molecule is CN(CCCO)C1CCN(Cc2c(Cl)nc3ccccn23)CC1. The van der Waals surface area contributed by atoms with Gasteiger partial charge in [0.25, 0.3) is 0 Å². The topological polar surface area (TPSA) is 44.0 Å². The van der Waals surface area contributed by atoms with E-state index in [0.29, 0.717) is 11.2 Å². The van der Waals surface area contributed by atoms with E-state index in [1.54, 1.807) is 0 Å². The van der Waals surface area contributed by atoms with Crippen LogP contribution < -0.4 is 0 Å². The molecule has 126 valence electrons. The number of nitrogens with zero attached hydrogens (tertiary/aromatic N) is 4. The van der Waals surface area contributed by atoms with E-state index >= 15 is 0 Å². The van der Waals surface area contributed by atoms with Gasteiger partial charge < -0.3 is 14.4 Å². The molecule has 0 atom stereocenters. The van der Waals surface area contributed by atoms with Crippen LogP contribution >= 0.6 is 11.6 Å². The quantitative estimate of drug-likeness (QED) is 0.879. The molecule has 0 bridgehead atoms. The number of aromatic nitrogens is 2. The maximum Gasteiger partial charge on any atom is 0.152 e. The number of aliphatic hydroxyl groups excluding tert-OH is 1. The molecule has 1 fully saturated rings. The molecule has 3 heterocycles. The Morgan fingerprint density at radius 2 is 2.13 bits per heavy atom. The zero-order valence-electron chi connectivity index (χ0n) is 13.7. The molecule has 6 heteroatoms. The third-order valence-electron chi connectivity index (χ3n) is 4.80. The minimum absolute atomic E-state index is 0.274. The first-order valence-corrected chi connectivity index (χ1v) is 8.71. The molecule has 5 nitrogen and oxygen atoms in total. The van der Waals surface area contributed by atoms with Gasteiger partial charge in [-0.25, -0.2) is 4.98 Å². The summed E-state index contributed by atoms with van der Waals surface area (Å²) in [5.41, 5.74) is 1.99. The van der Waals surface area contributed by atoms with Crippen LogP contribution in [0.3, 0.4) is 0 Å². The highest BCUT2D eigenvalue weighted by Gasteiger charge is 2.23. The average molecular weight is 337 g/mol. The summed E-state index contributed by atoms with van der Waals surface area (Å²) in [4.78, 5) is 9.27. The number of hydrogen-bond acceptors (Lipinski definition) is 4. The van der Waals surface area contributed by atoms with Gasteiger partial charge in [-0.2, -0.15) is 0 Å². The molecule has 1 N–H and O–H groups in total. The van der Waals surface area contributed by atoms with Crippen LogP contribution in [0.5, 0.6) is 0 Å². The first kappa shape index (κ1) is 16.7. The third kappa shape index (κ3) is 3.86. The van der Waals surface area contributed by atoms with Crippen LogP contribution in [0.25, 0.3) is 5.65 Å². The van der Waals surface area contributed by atoms with Crippen molar-refractivity contribution in [3.8, 4) is 0 Å². The number of likely N-dealkylation sites (tertiary alicyclic amines) is 1. The Kier molecular flexibility index (Phi) is 5.54. The van der Waals surface area contributed by atoms with Gasteiger partial charge in [-0.05, 0) is 38.4 Å². The number of imidazole rings is 1. The van der Waals surface area contributed by atoms with E-state index in [1.165, 1.54) is 0 Å². The molecule has 3 rings (SSSR count). The number of pyridine rings is 1. The van der Waals surface area contributed by atoms with E-state index in [-0.39, 0.29) is 6.61 Å². The maximum absolute atomic E-state index is 8.96. The van der Waals surface area contributed by atoms with Crippen molar-refractivity contribution in [2.75, 3.05) is 33.3 Å². The molecule has 2 aromatic rings. The first-order valence-electron chi connectivity index (χ1n) is 8.34. The highest BCUT2D eigenvalue weighted by atomic mass is 35.5. The summed E-state index contributed by atoms with van der Waals surface area (Å²) in [6.45, 7) is 4.24. The van der Waals surface area contributed by atoms with Crippen LogP contribution in [0, 0.1) is 0 Å². The zero-order valence-corrected chi connectivity index (χ0v) is 14.4. The molecule has 0 spiro atoms. The van der Waals surface area contributed by atoms with E-state index in [0.717, 1.165) is 56.8 Å². The summed E-state index contributed by atoms with van der Waals surface area (Å²) in [5.74, 6) is 0. The predicted octanol–water partition coefficient (Wildman–Crippen LogP) is 2.27. The van der Waals surface area contributed by atoms with Gasteiger partial charge in [-0.15, -0.1) is 0 Å². The third-order valence-corrected chi connectivity index (χ3v) is 5.11. The standard InChI is InChI=1S/C17H25ClN4O/c1-20(8-4-12-23)14-6-10-21(11-7-14)13-15-17(18)19-16-5-2-3-9-22(15)16/h2-3,5,9,14,23H,4,6-8,10-13H2,1H3. The summed E-state index contributed by atoms with van der Waals surface area (Å²) >= 11 is 6.33. The minimum Gasteiger partial charge on any atom is -0.396 e. The van der Waals surface area contributed by atoms with E-state index < -0.39 is 0 Å². The molecule has 23 heavy (non-hydrogen) atoms. The van der Waals surface area contributed by atoms with Crippen molar-refractivity contribution < 1.29 is 5.11 Å². The number of hydrogen-bond donors (Lipinski definition) is 1. The number of fused-ring (bicyclic) bond motifs is 1. The normalized spacial score (nSPS) is 17.4. The van der Waals surface area contributed by atoms with Crippen LogP contribution in [-0.4, -0.2) is 63.6 Å². The highest BCUT2D eigenvalue weighted by molar-refractivity contribution is 6.30. The van der Waals surface area contributed by atoms with Crippen molar-refractivity contribution in [1.29, 1.82) is 0 Å². The Bertz CT molecular complexity index is 637. The van der Waals surface area contributed by atoms with E-state index in [4.69, 9.17) is 16.7 Å². The molecule has 0 amide bonds. The van der Waals surface area contributed by atoms with Crippen molar-refractivity contribution in [3.05, 3.63) is 35.2 Å². The summed E-state index contributed by atoms with van der Waals surface area (Å²) in [6, 6.07) is 6.60. The largest absolute Gasteiger partial charge is 0.396 e. The summed E-state index contributed by atoms with van der Waals surface area (Å²) in [6.07, 6.45) is 5.21. The highest BCUT2D eigenvalue weighted by Crippen LogP contribution is 2.22. The van der Waals surface area contributed by atoms with Crippen LogP contribution in [0.2, 0.25) is 5.15 Å². The lowest BCUT2D eigenvalue weighted by atomic mass is 10.0. The molecule has 2 aromatic heterocycles. The van der Waals surface area contributed by atoms with Crippen LogP contribution in [0.1, 0.15) is 25.0 Å². The second kappa shape index (κ2) is 7.62. The number of rotatable bonds is 6. The van der Waals surface area contributed by atoms with Crippen LogP contribution in [-0.2, 0) is 6.54 Å². The van der Waals surface area contributed by atoms with Gasteiger partial charge in [-0.1, -0.05) is 17.7 Å². The van der Waals surface area contributed by atoms with E-state index in [1.807, 2.05) is 24.4 Å². The smallest absolute Gasteiger partial charge is 0.152 e. The molecule has 1 saturated heterocycles. The summed E-state index contributed by atoms with van der Waals surface area (Å²) in [5, 5.41) is 9.57. The fourth-order valence-electron chi connectivity index (χ4n) is 3.39. The fourth-order valence-corrected chi connectivity index (χ4v) is 3.63. The van der Waals surface area contributed by atoms with Crippen molar-refractivity contribution in [1.82, 2.24) is 19.2 Å². The average Bonchev–Trinajstić information content (AvgIpc) is 2.89. The zero-order chi connectivity index (χ0) is 16.2. The lowest BCUT2D eigenvalue weighted by Gasteiger charge is -2.36. The lowest BCUT2D eigenvalue weighted by molar-refractivity contribution is 0.116. The van der Waals surface area contributed by atoms with Crippen LogP contribution in [0.4, 0.5) is 0 Å². The Morgan fingerprint density at radius 3 is 2.87 bits per heavy atom. The summed E-state index contributed by atoms with van der Waals surface area (Å²) < 4.78 is 2.09. The lowest BCUT2D eigenvalue weighted by Crippen LogP contribution is -2.43. The van der Waals surface area contributed by atoms with Gasteiger partial charge in [0.2, 0.25) is 0 Å². The van der Waals surface area contributed by atoms with Gasteiger partial charge in [0.05, 0.1) is 5.69 Å². The fraction of sp³-hybridized carbons (Fsp3) is 0.588. The van der Waals surface area contributed by atoms with Crippen molar-refractivity contribution in [3.63, 3.8) is 0 Å². The maximum atomic E-state index is 8.96. The van der Waals surface area contributed by atoms with Crippen molar-refractivity contribution >= 4 is 17.2 Å². The minimum atomic E-state index is 0.274. The summed E-state index contributed by atoms with van der Waals surface area (Å²) in [7, 11) is 2.16. The molecule has 0 radical (unpaired) electrons. The molecular formula is C17H25ClN4O. The molecular weight excluding hydrogens is 312 g/mol. The van der Waals surface area contributed by atoms with Gasteiger partial charge in [0.1, 0.15) is 5.65 Å². The molecule has 0 aliphatic carbocycles. The van der Waals surface area contributed by atoms with Gasteiger partial charge >= 0.3 is 0 Å². The number of halogens is 1. The van der Waals surface area contributed by atoms with E-state index in [9.17, 15) is 0 Å². The second-order valence-electron chi connectivity index (χ2n) is 6.34. The predicted molar refractivity (Wildman–Crippen MR) is 92.8 cm³/mol. The Labute approximate surface area is 142 Å². The van der Waals surface area contributed by atoms with Gasteiger partial charge in [0.15, 0.2) is 5.15 Å². The first-order chi connectivity index (χ1) is 11.2. The van der Waals surface area contributed by atoms with Gasteiger partial charge in [0, 0.05) is 45.0 Å². The molecule has 1 aliphatic rings. The van der Waals surface area contributed by atoms with Crippen LogP contribution in [0.15, 0.2) is 24.4 Å². The monoisotopic (exact) mass is 336 g/mol. The molecule has 0 aromatic carbocycles. The Morgan fingerprint density at radius 1 is 1.35 bits per heavy atom. The molecule has 1 aliphatic heterocycles. The molecule has 0 saturated carbocycles. The van der Waals surface area contributed by atoms with Crippen molar-refractivity contribution in [2.24, 2.45) is 0 Å². The number of aliphatic hydroxyl groups is 1. The van der Waals surface area contributed by atoms with Gasteiger partial charge in [-0.3, -0.25) is 4.90 Å². The Hall–Kier alpha value is -1.14. The number of piperidine rings is 1.